The van der Waals surface area contributed by atoms with Crippen molar-refractivity contribution >= 4 is 56.7 Å². The third kappa shape index (κ3) is 7.48. The van der Waals surface area contributed by atoms with Gasteiger partial charge in [-0.15, -0.1) is 11.3 Å². The van der Waals surface area contributed by atoms with Crippen molar-refractivity contribution < 1.29 is 19.1 Å². The van der Waals surface area contributed by atoms with Crippen molar-refractivity contribution in [1.82, 2.24) is 10.6 Å². The van der Waals surface area contributed by atoms with Crippen molar-refractivity contribution in [2.24, 2.45) is 5.73 Å². The zero-order valence-corrected chi connectivity index (χ0v) is 18.6. The number of halogens is 1. The smallest absolute Gasteiger partial charge is 0.308 e. The van der Waals surface area contributed by atoms with Gasteiger partial charge in [-0.3, -0.25) is 19.8 Å². The van der Waals surface area contributed by atoms with Gasteiger partial charge in [-0.1, -0.05) is 6.07 Å². The van der Waals surface area contributed by atoms with Crippen LogP contribution in [0, 0.1) is 5.41 Å². The van der Waals surface area contributed by atoms with Crippen LogP contribution in [0.2, 0.25) is 0 Å². The van der Waals surface area contributed by atoms with Crippen LogP contribution in [0.3, 0.4) is 0 Å². The van der Waals surface area contributed by atoms with E-state index in [1.807, 2.05) is 11.4 Å². The lowest BCUT2D eigenvalue weighted by molar-refractivity contribution is -0.143. The average Bonchev–Trinajstić information content (AvgIpc) is 3.12. The predicted molar refractivity (Wildman–Crippen MR) is 118 cm³/mol. The topological polar surface area (TPSA) is 146 Å². The first-order valence-electron chi connectivity index (χ1n) is 8.96. The molecule has 1 heterocycles. The fourth-order valence-electron chi connectivity index (χ4n) is 2.52. The molecule has 11 heteroatoms. The molecule has 1 aromatic carbocycles. The quantitative estimate of drug-likeness (QED) is 0.205. The van der Waals surface area contributed by atoms with Gasteiger partial charge in [0.1, 0.15) is 0 Å². The third-order valence-electron chi connectivity index (χ3n) is 3.76. The maximum absolute atomic E-state index is 12.4. The van der Waals surface area contributed by atoms with Crippen LogP contribution in [0.1, 0.15) is 34.6 Å². The fourth-order valence-corrected chi connectivity index (χ4v) is 4.02. The number of nitrogens with one attached hydrogen (secondary N) is 4. The van der Waals surface area contributed by atoms with Gasteiger partial charge in [0, 0.05) is 26.0 Å². The number of carbonyl (C=O) groups excluding carboxylic acids is 3. The Morgan fingerprint density at radius 1 is 1.30 bits per heavy atom. The molecule has 0 aliphatic carbocycles. The summed E-state index contributed by atoms with van der Waals surface area (Å²) in [6.45, 7) is 1.69. The van der Waals surface area contributed by atoms with Gasteiger partial charge >= 0.3 is 5.97 Å². The van der Waals surface area contributed by atoms with E-state index in [4.69, 9.17) is 15.9 Å². The molecule has 0 spiro atoms. The monoisotopic (exact) mass is 495 g/mol. The first kappa shape index (κ1) is 23.4. The SMILES string of the molecule is CCOC(=O)CC(NC(=O)CNC(=O)c1cccc(NC(=N)N)c1)c1cc(Br)cs1. The molecule has 0 bridgehead atoms. The van der Waals surface area contributed by atoms with E-state index in [1.165, 1.54) is 17.4 Å². The summed E-state index contributed by atoms with van der Waals surface area (Å²) in [7, 11) is 0. The van der Waals surface area contributed by atoms with Crippen LogP contribution in [-0.4, -0.2) is 36.9 Å². The van der Waals surface area contributed by atoms with E-state index in [1.54, 1.807) is 25.1 Å². The molecule has 6 N–H and O–H groups in total. The second kappa shape index (κ2) is 11.3. The molecule has 0 saturated carbocycles. The second-order valence-electron chi connectivity index (χ2n) is 6.10. The zero-order chi connectivity index (χ0) is 22.1. The van der Waals surface area contributed by atoms with Crippen molar-refractivity contribution in [1.29, 1.82) is 5.41 Å². The predicted octanol–water partition coefficient (Wildman–Crippen LogP) is 2.36. The Kier molecular flexibility index (Phi) is 8.81. The van der Waals surface area contributed by atoms with Crippen molar-refractivity contribution in [3.05, 3.63) is 50.6 Å². The minimum atomic E-state index is -0.562. The largest absolute Gasteiger partial charge is 0.466 e. The van der Waals surface area contributed by atoms with Crippen LogP contribution < -0.4 is 21.7 Å². The van der Waals surface area contributed by atoms with E-state index >= 15 is 0 Å². The van der Waals surface area contributed by atoms with Gasteiger partial charge in [-0.05, 0) is 47.1 Å². The normalized spacial score (nSPS) is 11.3. The Hall–Kier alpha value is -2.92. The second-order valence-corrected chi connectivity index (χ2v) is 7.96. The molecular weight excluding hydrogens is 474 g/mol. The Labute approximate surface area is 186 Å². The number of thiophene rings is 1. The number of ether oxygens (including phenoxy) is 1. The number of nitrogens with two attached hydrogens (primary N) is 1. The maximum atomic E-state index is 12.4. The van der Waals surface area contributed by atoms with Crippen LogP contribution in [0.5, 0.6) is 0 Å². The Bertz CT molecular complexity index is 933. The summed E-state index contributed by atoms with van der Waals surface area (Å²) in [5.74, 6) is -1.58. The summed E-state index contributed by atoms with van der Waals surface area (Å²) in [6, 6.07) is 7.63. The molecular formula is C19H22BrN5O4S. The van der Waals surface area contributed by atoms with Gasteiger partial charge in [0.15, 0.2) is 5.96 Å². The molecule has 0 aliphatic rings. The highest BCUT2D eigenvalue weighted by Gasteiger charge is 2.21. The minimum absolute atomic E-state index is 0.0146. The summed E-state index contributed by atoms with van der Waals surface area (Å²) in [5.41, 5.74) is 6.07. The number of carbonyl (C=O) groups is 3. The minimum Gasteiger partial charge on any atom is -0.466 e. The maximum Gasteiger partial charge on any atom is 0.308 e. The van der Waals surface area contributed by atoms with Crippen molar-refractivity contribution in [3.8, 4) is 0 Å². The highest BCUT2D eigenvalue weighted by Crippen LogP contribution is 2.27. The summed E-state index contributed by atoms with van der Waals surface area (Å²) < 4.78 is 5.83. The Balaban J connectivity index is 1.97. The lowest BCUT2D eigenvalue weighted by atomic mass is 10.1. The van der Waals surface area contributed by atoms with Gasteiger partial charge in [-0.25, -0.2) is 0 Å². The number of esters is 1. The number of amides is 2. The number of guanidine groups is 1. The standard InChI is InChI=1S/C19H22BrN5O4S/c1-2-29-17(27)8-14(15-7-12(20)10-30-15)25-16(26)9-23-18(28)11-4-3-5-13(6-11)24-19(21)22/h3-7,10,14H,2,8-9H2,1H3,(H,23,28)(H,25,26)(H4,21,22,24). The first-order chi connectivity index (χ1) is 14.3. The molecule has 160 valence electrons. The van der Waals surface area contributed by atoms with Crippen LogP contribution in [-0.2, 0) is 14.3 Å². The van der Waals surface area contributed by atoms with Gasteiger partial charge < -0.3 is 26.4 Å². The lowest BCUT2D eigenvalue weighted by Crippen LogP contribution is -2.39. The molecule has 0 fully saturated rings. The molecule has 30 heavy (non-hydrogen) atoms. The summed E-state index contributed by atoms with van der Waals surface area (Å²) in [4.78, 5) is 37.4. The van der Waals surface area contributed by atoms with E-state index in [2.05, 4.69) is 31.9 Å². The average molecular weight is 496 g/mol. The van der Waals surface area contributed by atoms with Gasteiger partial charge in [-0.2, -0.15) is 0 Å². The van der Waals surface area contributed by atoms with E-state index in [-0.39, 0.29) is 25.5 Å². The van der Waals surface area contributed by atoms with Crippen molar-refractivity contribution in [2.75, 3.05) is 18.5 Å². The molecule has 0 aliphatic heterocycles. The van der Waals surface area contributed by atoms with Crippen molar-refractivity contribution in [2.45, 2.75) is 19.4 Å². The summed E-state index contributed by atoms with van der Waals surface area (Å²) in [6.07, 6.45) is -0.0146. The van der Waals surface area contributed by atoms with Crippen molar-refractivity contribution in [3.63, 3.8) is 0 Å². The highest BCUT2D eigenvalue weighted by molar-refractivity contribution is 9.10. The van der Waals surface area contributed by atoms with Crippen LogP contribution in [0.15, 0.2) is 40.2 Å². The molecule has 1 unspecified atom stereocenters. The fraction of sp³-hybridized carbons (Fsp3) is 0.263. The molecule has 2 aromatic rings. The number of hydrogen-bond acceptors (Lipinski definition) is 6. The van der Waals surface area contributed by atoms with E-state index < -0.39 is 23.8 Å². The van der Waals surface area contributed by atoms with E-state index in [0.717, 1.165) is 9.35 Å². The molecule has 1 aromatic heterocycles. The number of benzene rings is 1. The van der Waals surface area contributed by atoms with Gasteiger partial charge in [0.2, 0.25) is 5.91 Å². The number of anilines is 1. The van der Waals surface area contributed by atoms with Gasteiger partial charge in [0.05, 0.1) is 25.6 Å². The molecule has 9 nitrogen and oxygen atoms in total. The number of hydrogen-bond donors (Lipinski definition) is 5. The van der Waals surface area contributed by atoms with E-state index in [0.29, 0.717) is 11.3 Å². The highest BCUT2D eigenvalue weighted by atomic mass is 79.9. The molecule has 2 amide bonds. The van der Waals surface area contributed by atoms with Crippen LogP contribution in [0.4, 0.5) is 5.69 Å². The molecule has 1 atom stereocenters. The Morgan fingerprint density at radius 3 is 2.70 bits per heavy atom. The molecule has 0 saturated heterocycles. The van der Waals surface area contributed by atoms with E-state index in [9.17, 15) is 14.4 Å². The van der Waals surface area contributed by atoms with Crippen LogP contribution >= 0.6 is 27.3 Å². The third-order valence-corrected chi connectivity index (χ3v) is 5.56. The number of rotatable bonds is 9. The summed E-state index contributed by atoms with van der Waals surface area (Å²) >= 11 is 4.75. The first-order valence-corrected chi connectivity index (χ1v) is 10.6. The Morgan fingerprint density at radius 2 is 2.07 bits per heavy atom. The molecule has 0 radical (unpaired) electrons. The van der Waals surface area contributed by atoms with Gasteiger partial charge in [0.25, 0.3) is 5.91 Å². The zero-order valence-electron chi connectivity index (χ0n) is 16.2. The molecule has 2 rings (SSSR count). The lowest BCUT2D eigenvalue weighted by Gasteiger charge is -2.17. The van der Waals surface area contributed by atoms with Crippen LogP contribution in [0.25, 0.3) is 0 Å². The summed E-state index contributed by atoms with van der Waals surface area (Å²) in [5, 5.41) is 17.0.